The van der Waals surface area contributed by atoms with Crippen LogP contribution in [0.5, 0.6) is 0 Å². The SMILES string of the molecule is C/C=C(\C=C/NC)C(/C)=C/c1ccc(N(CC)CCSSCC)cc1. The van der Waals surface area contributed by atoms with Crippen LogP contribution in [0.15, 0.2) is 53.8 Å². The van der Waals surface area contributed by atoms with Gasteiger partial charge in [0.1, 0.15) is 0 Å². The van der Waals surface area contributed by atoms with Gasteiger partial charge >= 0.3 is 0 Å². The average molecular weight is 377 g/mol. The molecule has 0 spiro atoms. The Morgan fingerprint density at radius 3 is 2.44 bits per heavy atom. The van der Waals surface area contributed by atoms with Crippen LogP contribution in [-0.2, 0) is 0 Å². The monoisotopic (exact) mass is 376 g/mol. The Balaban J connectivity index is 2.76. The molecule has 0 saturated carbocycles. The van der Waals surface area contributed by atoms with E-state index < -0.39 is 0 Å². The highest BCUT2D eigenvalue weighted by Gasteiger charge is 2.04. The molecule has 1 aromatic rings. The molecule has 25 heavy (non-hydrogen) atoms. The molecule has 2 nitrogen and oxygen atoms in total. The van der Waals surface area contributed by atoms with Gasteiger partial charge in [-0.1, -0.05) is 52.8 Å². The summed E-state index contributed by atoms with van der Waals surface area (Å²) >= 11 is 0. The number of nitrogens with zero attached hydrogens (tertiary/aromatic N) is 1. The van der Waals surface area contributed by atoms with Crippen molar-refractivity contribution in [2.24, 2.45) is 0 Å². The normalized spacial score (nSPS) is 12.7. The van der Waals surface area contributed by atoms with E-state index in [2.05, 4.69) is 80.4 Å². The molecular formula is C21H32N2S2. The molecule has 0 aromatic heterocycles. The third-order valence-electron chi connectivity index (χ3n) is 3.86. The van der Waals surface area contributed by atoms with Crippen molar-refractivity contribution in [2.45, 2.75) is 27.7 Å². The fourth-order valence-electron chi connectivity index (χ4n) is 2.50. The Bertz CT molecular complexity index is 574. The number of rotatable bonds is 11. The van der Waals surface area contributed by atoms with Gasteiger partial charge in [-0.15, -0.1) is 0 Å². The van der Waals surface area contributed by atoms with Crippen molar-refractivity contribution in [1.29, 1.82) is 0 Å². The topological polar surface area (TPSA) is 15.3 Å². The Hall–Kier alpha value is -1.26. The average Bonchev–Trinajstić information content (AvgIpc) is 2.63. The summed E-state index contributed by atoms with van der Waals surface area (Å²) in [5, 5.41) is 3.04. The number of benzene rings is 1. The van der Waals surface area contributed by atoms with Crippen molar-refractivity contribution in [2.75, 3.05) is 36.5 Å². The zero-order valence-electron chi connectivity index (χ0n) is 16.2. The molecule has 0 aliphatic carbocycles. The second-order valence-corrected chi connectivity index (χ2v) is 8.46. The van der Waals surface area contributed by atoms with E-state index in [0.29, 0.717) is 0 Å². The lowest BCUT2D eigenvalue weighted by Crippen LogP contribution is -2.25. The van der Waals surface area contributed by atoms with Crippen molar-refractivity contribution in [3.05, 3.63) is 59.3 Å². The standard InChI is InChI=1S/C21H32N2S2/c1-6-20(13-14-22-5)18(4)17-19-9-11-21(12-10-19)23(7-2)15-16-25-24-8-3/h6,9-14,17,22H,7-8,15-16H2,1-5H3/b14-13-,18-17+,20-6+. The van der Waals surface area contributed by atoms with E-state index in [1.807, 2.05) is 34.8 Å². The smallest absolute Gasteiger partial charge is 0.0366 e. The molecular weight excluding hydrogens is 344 g/mol. The minimum atomic E-state index is 1.04. The molecule has 138 valence electrons. The van der Waals surface area contributed by atoms with Crippen LogP contribution < -0.4 is 10.2 Å². The Labute approximate surface area is 162 Å². The van der Waals surface area contributed by atoms with Crippen LogP contribution in [-0.4, -0.2) is 31.6 Å². The molecule has 4 heteroatoms. The van der Waals surface area contributed by atoms with Crippen molar-refractivity contribution < 1.29 is 0 Å². The van der Waals surface area contributed by atoms with E-state index in [1.165, 1.54) is 28.1 Å². The van der Waals surface area contributed by atoms with Crippen LogP contribution >= 0.6 is 21.6 Å². The van der Waals surface area contributed by atoms with Crippen LogP contribution in [0.2, 0.25) is 0 Å². The first kappa shape index (κ1) is 21.8. The van der Waals surface area contributed by atoms with Crippen molar-refractivity contribution in [3.8, 4) is 0 Å². The second kappa shape index (κ2) is 13.0. The number of anilines is 1. The fraction of sp³-hybridized carbons (Fsp3) is 0.429. The molecule has 0 bridgehead atoms. The van der Waals surface area contributed by atoms with Crippen molar-refractivity contribution in [1.82, 2.24) is 5.32 Å². The molecule has 0 aliphatic heterocycles. The van der Waals surface area contributed by atoms with Crippen LogP contribution in [0.3, 0.4) is 0 Å². The lowest BCUT2D eigenvalue weighted by Gasteiger charge is -2.23. The molecule has 0 aliphatic rings. The first-order chi connectivity index (χ1) is 12.2. The predicted molar refractivity (Wildman–Crippen MR) is 121 cm³/mol. The van der Waals surface area contributed by atoms with Gasteiger partial charge in [-0.25, -0.2) is 0 Å². The van der Waals surface area contributed by atoms with E-state index in [9.17, 15) is 0 Å². The summed E-state index contributed by atoms with van der Waals surface area (Å²) in [6.45, 7) is 10.8. The Kier molecular flexibility index (Phi) is 11.3. The summed E-state index contributed by atoms with van der Waals surface area (Å²) in [6.07, 6.45) is 8.44. The van der Waals surface area contributed by atoms with Gasteiger partial charge in [0.25, 0.3) is 0 Å². The van der Waals surface area contributed by atoms with Crippen molar-refractivity contribution >= 4 is 33.4 Å². The number of hydrogen-bond acceptors (Lipinski definition) is 4. The summed E-state index contributed by atoms with van der Waals surface area (Å²) in [4.78, 5) is 2.44. The van der Waals surface area contributed by atoms with Gasteiger partial charge in [0.15, 0.2) is 0 Å². The zero-order chi connectivity index (χ0) is 18.5. The molecule has 0 radical (unpaired) electrons. The highest BCUT2D eigenvalue weighted by atomic mass is 33.1. The second-order valence-electron chi connectivity index (χ2n) is 5.59. The fourth-order valence-corrected chi connectivity index (χ4v) is 4.16. The third kappa shape index (κ3) is 8.10. The molecule has 0 atom stereocenters. The summed E-state index contributed by atoms with van der Waals surface area (Å²) in [6, 6.07) is 8.90. The van der Waals surface area contributed by atoms with Gasteiger partial charge in [0.05, 0.1) is 0 Å². The molecule has 0 saturated heterocycles. The maximum atomic E-state index is 3.04. The number of nitrogens with one attached hydrogen (secondary N) is 1. The first-order valence-corrected chi connectivity index (χ1v) is 11.4. The van der Waals surface area contributed by atoms with Gasteiger partial charge in [-0.05, 0) is 61.9 Å². The summed E-state index contributed by atoms with van der Waals surface area (Å²) in [5.74, 6) is 2.34. The largest absolute Gasteiger partial charge is 0.394 e. The molecule has 1 N–H and O–H groups in total. The maximum Gasteiger partial charge on any atom is 0.0366 e. The Morgan fingerprint density at radius 2 is 1.88 bits per heavy atom. The predicted octanol–water partition coefficient (Wildman–Crippen LogP) is 6.00. The minimum Gasteiger partial charge on any atom is -0.394 e. The lowest BCUT2D eigenvalue weighted by molar-refractivity contribution is 0.873. The van der Waals surface area contributed by atoms with E-state index in [0.717, 1.165) is 18.8 Å². The van der Waals surface area contributed by atoms with Crippen LogP contribution in [0, 0.1) is 0 Å². The maximum absolute atomic E-state index is 3.04. The third-order valence-corrected chi connectivity index (χ3v) is 6.32. The van der Waals surface area contributed by atoms with E-state index in [-0.39, 0.29) is 0 Å². The van der Waals surface area contributed by atoms with Gasteiger partial charge in [0.2, 0.25) is 0 Å². The molecule has 1 aromatic carbocycles. The quantitative estimate of drug-likeness (QED) is 0.289. The van der Waals surface area contributed by atoms with E-state index in [1.54, 1.807) is 0 Å². The molecule has 0 unspecified atom stereocenters. The molecule has 0 heterocycles. The van der Waals surface area contributed by atoms with Gasteiger partial charge in [-0.2, -0.15) is 0 Å². The molecule has 1 rings (SSSR count). The number of hydrogen-bond donors (Lipinski definition) is 1. The van der Waals surface area contributed by atoms with Gasteiger partial charge in [-0.3, -0.25) is 0 Å². The molecule has 0 fully saturated rings. The van der Waals surface area contributed by atoms with E-state index >= 15 is 0 Å². The zero-order valence-corrected chi connectivity index (χ0v) is 17.8. The lowest BCUT2D eigenvalue weighted by atomic mass is 10.0. The van der Waals surface area contributed by atoms with Gasteiger partial charge in [0, 0.05) is 37.3 Å². The summed E-state index contributed by atoms with van der Waals surface area (Å²) in [5.41, 5.74) is 5.05. The van der Waals surface area contributed by atoms with Gasteiger partial charge < -0.3 is 10.2 Å². The summed E-state index contributed by atoms with van der Waals surface area (Å²) < 4.78 is 0. The highest BCUT2D eigenvalue weighted by Crippen LogP contribution is 2.23. The Morgan fingerprint density at radius 1 is 1.16 bits per heavy atom. The van der Waals surface area contributed by atoms with Crippen molar-refractivity contribution in [3.63, 3.8) is 0 Å². The van der Waals surface area contributed by atoms with Crippen LogP contribution in [0.1, 0.15) is 33.3 Å². The first-order valence-electron chi connectivity index (χ1n) is 8.94. The summed E-state index contributed by atoms with van der Waals surface area (Å²) in [7, 11) is 5.82. The minimum absolute atomic E-state index is 1.04. The molecule has 0 amide bonds. The van der Waals surface area contributed by atoms with Crippen LogP contribution in [0.25, 0.3) is 6.08 Å². The highest BCUT2D eigenvalue weighted by molar-refractivity contribution is 8.76. The number of allylic oxidation sites excluding steroid dienone is 4. The van der Waals surface area contributed by atoms with Crippen LogP contribution in [0.4, 0.5) is 5.69 Å². The van der Waals surface area contributed by atoms with E-state index in [4.69, 9.17) is 0 Å².